The highest BCUT2D eigenvalue weighted by atomic mass is 127. The maximum absolute atomic E-state index is 5.88. The fourth-order valence-electron chi connectivity index (χ4n) is 1.59. The van der Waals surface area contributed by atoms with Crippen LogP contribution in [0.3, 0.4) is 0 Å². The number of hydrogen-bond acceptors (Lipinski definition) is 1. The summed E-state index contributed by atoms with van der Waals surface area (Å²) in [6.07, 6.45) is 0. The van der Waals surface area contributed by atoms with Gasteiger partial charge in [0.25, 0.3) is 0 Å². The van der Waals surface area contributed by atoms with Gasteiger partial charge in [-0.25, -0.2) is 0 Å². The van der Waals surface area contributed by atoms with Crippen molar-refractivity contribution < 1.29 is 4.74 Å². The van der Waals surface area contributed by atoms with Crippen LogP contribution >= 0.6 is 22.6 Å². The first kappa shape index (κ1) is 19.4. The summed E-state index contributed by atoms with van der Waals surface area (Å²) in [5.74, 6) is 7.53. The van der Waals surface area contributed by atoms with E-state index in [-0.39, 0.29) is 0 Å². The molecule has 0 atom stereocenters. The molecule has 0 fully saturated rings. The van der Waals surface area contributed by atoms with Gasteiger partial charge in [-0.05, 0) is 41.6 Å². The zero-order chi connectivity index (χ0) is 17.0. The van der Waals surface area contributed by atoms with Gasteiger partial charge in [0.1, 0.15) is 16.1 Å². The van der Waals surface area contributed by atoms with E-state index < -0.39 is 16.1 Å². The van der Waals surface area contributed by atoms with Gasteiger partial charge in [0.2, 0.25) is 0 Å². The van der Waals surface area contributed by atoms with Crippen LogP contribution in [0.4, 0.5) is 0 Å². The van der Waals surface area contributed by atoms with E-state index in [0.29, 0.717) is 6.61 Å². The summed E-state index contributed by atoms with van der Waals surface area (Å²) in [5, 5.41) is 0. The Labute approximate surface area is 151 Å². The fourth-order valence-corrected chi connectivity index (χ4v) is 3.23. The third-order valence-electron chi connectivity index (χ3n) is 2.49. The van der Waals surface area contributed by atoms with Crippen molar-refractivity contribution in [2.75, 3.05) is 6.61 Å². The first-order valence-electron chi connectivity index (χ1n) is 7.54. The summed E-state index contributed by atoms with van der Waals surface area (Å²) in [6.45, 7) is 16.1. The number of halogens is 1. The van der Waals surface area contributed by atoms with Gasteiger partial charge >= 0.3 is 0 Å². The molecule has 118 valence electrons. The van der Waals surface area contributed by atoms with Crippen LogP contribution in [0.2, 0.25) is 39.3 Å². The van der Waals surface area contributed by atoms with E-state index in [9.17, 15) is 0 Å². The van der Waals surface area contributed by atoms with Crippen molar-refractivity contribution in [1.29, 1.82) is 0 Å². The highest BCUT2D eigenvalue weighted by molar-refractivity contribution is 14.1. The van der Waals surface area contributed by atoms with Gasteiger partial charge in [-0.1, -0.05) is 51.1 Å². The second-order valence-corrected chi connectivity index (χ2v) is 18.0. The first-order valence-corrected chi connectivity index (χ1v) is 15.6. The van der Waals surface area contributed by atoms with E-state index in [1.807, 2.05) is 6.92 Å². The Morgan fingerprint density at radius 1 is 0.909 bits per heavy atom. The molecule has 0 aliphatic heterocycles. The Morgan fingerprint density at radius 3 is 1.64 bits per heavy atom. The molecule has 0 aliphatic carbocycles. The summed E-state index contributed by atoms with van der Waals surface area (Å²) in [7, 11) is -2.83. The predicted octanol–water partition coefficient (Wildman–Crippen LogP) is 5.15. The van der Waals surface area contributed by atoms with Crippen molar-refractivity contribution in [3.05, 3.63) is 26.8 Å². The molecule has 1 aromatic rings. The molecule has 0 amide bonds. The molecule has 1 aromatic carbocycles. The minimum atomic E-state index is -1.42. The molecule has 0 aliphatic rings. The Morgan fingerprint density at radius 2 is 1.32 bits per heavy atom. The lowest BCUT2D eigenvalue weighted by Gasteiger charge is -2.11. The molecule has 22 heavy (non-hydrogen) atoms. The molecular weight excluding hydrogens is 415 g/mol. The van der Waals surface area contributed by atoms with Gasteiger partial charge in [-0.2, -0.15) is 0 Å². The molecule has 0 heterocycles. The molecule has 0 saturated carbocycles. The van der Waals surface area contributed by atoms with E-state index in [1.54, 1.807) is 0 Å². The number of hydrogen-bond donors (Lipinski definition) is 0. The minimum absolute atomic E-state index is 0.629. The molecule has 0 unspecified atom stereocenters. The largest absolute Gasteiger partial charge is 0.491 e. The molecule has 0 saturated heterocycles. The molecule has 0 aromatic heterocycles. The first-order chi connectivity index (χ1) is 10.0. The smallest absolute Gasteiger partial charge is 0.150 e. The van der Waals surface area contributed by atoms with Gasteiger partial charge in [0.05, 0.1) is 17.7 Å². The van der Waals surface area contributed by atoms with Crippen LogP contribution in [-0.4, -0.2) is 22.8 Å². The van der Waals surface area contributed by atoms with Crippen molar-refractivity contribution in [1.82, 2.24) is 0 Å². The highest BCUT2D eigenvalue weighted by Crippen LogP contribution is 2.26. The van der Waals surface area contributed by atoms with E-state index in [1.165, 1.54) is 0 Å². The van der Waals surface area contributed by atoms with Crippen molar-refractivity contribution in [3.8, 4) is 28.7 Å². The van der Waals surface area contributed by atoms with Crippen LogP contribution in [0.5, 0.6) is 5.75 Å². The maximum Gasteiger partial charge on any atom is 0.150 e. The standard InChI is InChI=1S/C18H25IOSi2/c1-8-20-18-15(9-11-21(2,3)4)13-17(19)14-16(18)10-12-22(5,6)7/h13-14H,8H2,1-7H3. The van der Waals surface area contributed by atoms with Crippen molar-refractivity contribution in [2.45, 2.75) is 46.2 Å². The number of rotatable bonds is 2. The zero-order valence-electron chi connectivity index (χ0n) is 14.6. The zero-order valence-corrected chi connectivity index (χ0v) is 18.8. The lowest BCUT2D eigenvalue weighted by atomic mass is 10.1. The molecule has 0 bridgehead atoms. The Bertz CT molecular complexity index is 606. The lowest BCUT2D eigenvalue weighted by molar-refractivity contribution is 0.338. The predicted molar refractivity (Wildman–Crippen MR) is 111 cm³/mol. The van der Waals surface area contributed by atoms with Gasteiger partial charge in [0.15, 0.2) is 5.75 Å². The van der Waals surface area contributed by atoms with Gasteiger partial charge in [-0.15, -0.1) is 11.1 Å². The molecule has 4 heteroatoms. The molecule has 1 nitrogen and oxygen atoms in total. The summed E-state index contributed by atoms with van der Waals surface area (Å²) in [6, 6.07) is 4.19. The van der Waals surface area contributed by atoms with E-state index in [0.717, 1.165) is 20.4 Å². The lowest BCUT2D eigenvalue weighted by Crippen LogP contribution is -2.16. The molecule has 0 radical (unpaired) electrons. The second kappa shape index (κ2) is 7.72. The van der Waals surface area contributed by atoms with Crippen LogP contribution in [-0.2, 0) is 0 Å². The number of ether oxygens (including phenoxy) is 1. The van der Waals surface area contributed by atoms with Crippen LogP contribution in [0.1, 0.15) is 18.1 Å². The van der Waals surface area contributed by atoms with Gasteiger partial charge in [0, 0.05) is 3.57 Å². The summed E-state index contributed by atoms with van der Waals surface area (Å²) in [5.41, 5.74) is 8.80. The average molecular weight is 440 g/mol. The topological polar surface area (TPSA) is 9.23 Å². The monoisotopic (exact) mass is 440 g/mol. The normalized spacial score (nSPS) is 11.1. The molecular formula is C18H25IOSi2. The number of benzene rings is 1. The second-order valence-electron chi connectivity index (χ2n) is 7.26. The highest BCUT2D eigenvalue weighted by Gasteiger charge is 2.13. The van der Waals surface area contributed by atoms with Crippen LogP contribution < -0.4 is 4.74 Å². The third kappa shape index (κ3) is 7.04. The molecule has 0 N–H and O–H groups in total. The SMILES string of the molecule is CCOc1c(C#C[Si](C)(C)C)cc(I)cc1C#C[Si](C)(C)C. The van der Waals surface area contributed by atoms with Crippen molar-refractivity contribution >= 4 is 38.7 Å². The third-order valence-corrected chi connectivity index (χ3v) is 4.86. The quantitative estimate of drug-likeness (QED) is 0.351. The van der Waals surface area contributed by atoms with Crippen molar-refractivity contribution in [3.63, 3.8) is 0 Å². The molecule has 1 rings (SSSR count). The fraction of sp³-hybridized carbons (Fsp3) is 0.444. The summed E-state index contributed by atoms with van der Waals surface area (Å²) >= 11 is 2.33. The van der Waals surface area contributed by atoms with Crippen molar-refractivity contribution in [2.24, 2.45) is 0 Å². The van der Waals surface area contributed by atoms with Crippen LogP contribution in [0, 0.1) is 26.5 Å². The minimum Gasteiger partial charge on any atom is -0.491 e. The van der Waals surface area contributed by atoms with Crippen LogP contribution in [0.15, 0.2) is 12.1 Å². The van der Waals surface area contributed by atoms with Gasteiger partial charge < -0.3 is 4.74 Å². The summed E-state index contributed by atoms with van der Waals surface area (Å²) in [4.78, 5) is 0. The Kier molecular flexibility index (Phi) is 6.79. The van der Waals surface area contributed by atoms with E-state index in [2.05, 4.69) is 96.9 Å². The molecule has 0 spiro atoms. The Balaban J connectivity index is 3.46. The van der Waals surface area contributed by atoms with Crippen LogP contribution in [0.25, 0.3) is 0 Å². The Hall–Kier alpha value is -0.696. The van der Waals surface area contributed by atoms with E-state index in [4.69, 9.17) is 4.74 Å². The summed E-state index contributed by atoms with van der Waals surface area (Å²) < 4.78 is 7.03. The average Bonchev–Trinajstić information content (AvgIpc) is 2.35. The van der Waals surface area contributed by atoms with E-state index >= 15 is 0 Å². The maximum atomic E-state index is 5.88. The van der Waals surface area contributed by atoms with Gasteiger partial charge in [-0.3, -0.25) is 0 Å².